The lowest BCUT2D eigenvalue weighted by atomic mass is 9.84. The van der Waals surface area contributed by atoms with Crippen molar-refractivity contribution in [1.29, 1.82) is 0 Å². The number of rotatable bonds is 3. The van der Waals surface area contributed by atoms with E-state index in [1.165, 1.54) is 32.1 Å². The fraction of sp³-hybridized carbons (Fsp3) is 0.611. The van der Waals surface area contributed by atoms with Gasteiger partial charge in [0, 0.05) is 5.92 Å². The summed E-state index contributed by atoms with van der Waals surface area (Å²) < 4.78 is 5.45. The molecule has 2 rings (SSSR count). The fourth-order valence-corrected chi connectivity index (χ4v) is 3.33. The third-order valence-corrected chi connectivity index (χ3v) is 4.39. The van der Waals surface area contributed by atoms with Crippen molar-refractivity contribution < 1.29 is 9.53 Å². The van der Waals surface area contributed by atoms with Crippen molar-refractivity contribution in [2.24, 2.45) is 5.92 Å². The summed E-state index contributed by atoms with van der Waals surface area (Å²) in [5.41, 5.74) is 3.01. The van der Waals surface area contributed by atoms with Crippen LogP contribution in [0.5, 0.6) is 5.75 Å². The molecule has 0 amide bonds. The minimum absolute atomic E-state index is 0.186. The van der Waals surface area contributed by atoms with E-state index in [1.54, 1.807) is 7.11 Å². The number of hydrogen-bond donors (Lipinski definition) is 0. The van der Waals surface area contributed by atoms with Gasteiger partial charge in [0.15, 0.2) is 5.78 Å². The van der Waals surface area contributed by atoms with Crippen molar-refractivity contribution in [2.45, 2.75) is 58.8 Å². The van der Waals surface area contributed by atoms with Gasteiger partial charge in [0.25, 0.3) is 0 Å². The Morgan fingerprint density at radius 2 is 1.65 bits per heavy atom. The number of benzene rings is 1. The lowest BCUT2D eigenvalue weighted by Crippen LogP contribution is -2.18. The fourth-order valence-electron chi connectivity index (χ4n) is 3.33. The minimum Gasteiger partial charge on any atom is -0.496 e. The number of ketones is 1. The molecule has 1 aromatic rings. The SMILES string of the molecule is COc1cc(C)cc(C)c1C(=O)C1CCCCCCC1. The molecule has 110 valence electrons. The molecule has 2 heteroatoms. The first-order valence-electron chi connectivity index (χ1n) is 7.83. The van der Waals surface area contributed by atoms with Crippen molar-refractivity contribution in [2.75, 3.05) is 7.11 Å². The lowest BCUT2D eigenvalue weighted by Gasteiger charge is -2.21. The number of ether oxygens (including phenoxy) is 1. The second-order valence-electron chi connectivity index (χ2n) is 6.07. The van der Waals surface area contributed by atoms with Crippen LogP contribution in [0, 0.1) is 19.8 Å². The van der Waals surface area contributed by atoms with Gasteiger partial charge in [0.2, 0.25) is 0 Å². The van der Waals surface area contributed by atoms with E-state index < -0.39 is 0 Å². The molecule has 20 heavy (non-hydrogen) atoms. The van der Waals surface area contributed by atoms with E-state index in [9.17, 15) is 4.79 Å². The topological polar surface area (TPSA) is 26.3 Å². The van der Waals surface area contributed by atoms with E-state index in [-0.39, 0.29) is 5.92 Å². The summed E-state index contributed by atoms with van der Waals surface area (Å²) in [6.45, 7) is 4.06. The van der Waals surface area contributed by atoms with Gasteiger partial charge in [-0.25, -0.2) is 0 Å². The average molecular weight is 274 g/mol. The van der Waals surface area contributed by atoms with Crippen LogP contribution >= 0.6 is 0 Å². The molecular weight excluding hydrogens is 248 g/mol. The first-order valence-corrected chi connectivity index (χ1v) is 7.83. The van der Waals surface area contributed by atoms with Gasteiger partial charge in [-0.05, 0) is 43.9 Å². The predicted molar refractivity (Wildman–Crippen MR) is 82.6 cm³/mol. The highest BCUT2D eigenvalue weighted by Gasteiger charge is 2.25. The van der Waals surface area contributed by atoms with Crippen LogP contribution in [0.25, 0.3) is 0 Å². The Bertz CT molecular complexity index is 469. The number of carbonyl (C=O) groups is 1. The Kier molecular flexibility index (Phi) is 5.22. The average Bonchev–Trinajstić information content (AvgIpc) is 2.36. The van der Waals surface area contributed by atoms with Gasteiger partial charge in [-0.2, -0.15) is 0 Å². The second kappa shape index (κ2) is 6.92. The van der Waals surface area contributed by atoms with E-state index in [2.05, 4.69) is 6.07 Å². The smallest absolute Gasteiger partial charge is 0.169 e. The van der Waals surface area contributed by atoms with Gasteiger partial charge < -0.3 is 4.74 Å². The van der Waals surface area contributed by atoms with Crippen LogP contribution in [-0.2, 0) is 0 Å². The number of carbonyl (C=O) groups excluding carboxylic acids is 1. The predicted octanol–water partition coefficient (Wildman–Crippen LogP) is 4.86. The van der Waals surface area contributed by atoms with E-state index in [0.717, 1.165) is 35.3 Å². The summed E-state index contributed by atoms with van der Waals surface area (Å²) in [6.07, 6.45) is 8.31. The Hall–Kier alpha value is -1.31. The van der Waals surface area contributed by atoms with E-state index in [4.69, 9.17) is 4.74 Å². The van der Waals surface area contributed by atoms with Crippen LogP contribution in [0.2, 0.25) is 0 Å². The van der Waals surface area contributed by atoms with E-state index in [1.807, 2.05) is 19.9 Å². The Balaban J connectivity index is 2.27. The van der Waals surface area contributed by atoms with Crippen molar-refractivity contribution in [3.05, 3.63) is 28.8 Å². The number of Topliss-reactive ketones (excluding diaryl/α,β-unsaturated/α-hetero) is 1. The van der Waals surface area contributed by atoms with Gasteiger partial charge in [-0.15, -0.1) is 0 Å². The summed E-state index contributed by atoms with van der Waals surface area (Å²) in [5.74, 6) is 1.22. The van der Waals surface area contributed by atoms with E-state index >= 15 is 0 Å². The Morgan fingerprint density at radius 1 is 1.05 bits per heavy atom. The molecule has 1 fully saturated rings. The minimum atomic E-state index is 0.186. The molecule has 1 aromatic carbocycles. The quantitative estimate of drug-likeness (QED) is 0.736. The monoisotopic (exact) mass is 274 g/mol. The van der Waals surface area contributed by atoms with Crippen molar-refractivity contribution in [3.63, 3.8) is 0 Å². The highest BCUT2D eigenvalue weighted by atomic mass is 16.5. The van der Waals surface area contributed by atoms with Crippen molar-refractivity contribution in [3.8, 4) is 5.75 Å². The molecule has 0 aromatic heterocycles. The number of methoxy groups -OCH3 is 1. The normalized spacial score (nSPS) is 17.4. The first-order chi connectivity index (χ1) is 9.63. The van der Waals surface area contributed by atoms with Crippen LogP contribution in [0.4, 0.5) is 0 Å². The molecule has 1 saturated carbocycles. The maximum Gasteiger partial charge on any atom is 0.169 e. The summed E-state index contributed by atoms with van der Waals surface area (Å²) in [4.78, 5) is 12.9. The maximum atomic E-state index is 12.9. The van der Waals surface area contributed by atoms with E-state index in [0.29, 0.717) is 5.78 Å². The second-order valence-corrected chi connectivity index (χ2v) is 6.07. The van der Waals surface area contributed by atoms with Crippen LogP contribution in [0.15, 0.2) is 12.1 Å². The van der Waals surface area contributed by atoms with Gasteiger partial charge in [-0.1, -0.05) is 38.2 Å². The molecular formula is C18H26O2. The summed E-state index contributed by atoms with van der Waals surface area (Å²) >= 11 is 0. The van der Waals surface area contributed by atoms with Gasteiger partial charge in [0.05, 0.1) is 12.7 Å². The van der Waals surface area contributed by atoms with Gasteiger partial charge in [0.1, 0.15) is 5.75 Å². The van der Waals surface area contributed by atoms with Crippen LogP contribution < -0.4 is 4.74 Å². The zero-order chi connectivity index (χ0) is 14.5. The van der Waals surface area contributed by atoms with Crippen molar-refractivity contribution in [1.82, 2.24) is 0 Å². The lowest BCUT2D eigenvalue weighted by molar-refractivity contribution is 0.0894. The summed E-state index contributed by atoms with van der Waals surface area (Å²) in [7, 11) is 1.66. The molecule has 0 heterocycles. The zero-order valence-electron chi connectivity index (χ0n) is 13.0. The first kappa shape index (κ1) is 15.1. The molecule has 0 unspecified atom stereocenters. The third kappa shape index (κ3) is 3.41. The standard InChI is InChI=1S/C18H26O2/c1-13-11-14(2)17(16(12-13)20-3)18(19)15-9-7-5-4-6-8-10-15/h11-12,15H,4-10H2,1-3H3. The molecule has 0 radical (unpaired) electrons. The molecule has 1 aliphatic carbocycles. The zero-order valence-corrected chi connectivity index (χ0v) is 13.0. The Morgan fingerprint density at radius 3 is 2.25 bits per heavy atom. The molecule has 0 bridgehead atoms. The van der Waals surface area contributed by atoms with Crippen molar-refractivity contribution >= 4 is 5.78 Å². The Labute approximate surface area is 122 Å². The van der Waals surface area contributed by atoms with Gasteiger partial charge >= 0.3 is 0 Å². The molecule has 0 aliphatic heterocycles. The summed E-state index contributed by atoms with van der Waals surface area (Å²) in [5, 5.41) is 0. The molecule has 2 nitrogen and oxygen atoms in total. The van der Waals surface area contributed by atoms with Gasteiger partial charge in [-0.3, -0.25) is 4.79 Å². The molecule has 1 aliphatic rings. The summed E-state index contributed by atoms with van der Waals surface area (Å²) in [6, 6.07) is 4.06. The van der Waals surface area contributed by atoms with Crippen LogP contribution in [0.3, 0.4) is 0 Å². The molecule has 0 atom stereocenters. The van der Waals surface area contributed by atoms with Crippen LogP contribution in [0.1, 0.15) is 66.4 Å². The maximum absolute atomic E-state index is 12.9. The number of aryl methyl sites for hydroxylation is 2. The molecule has 0 N–H and O–H groups in total. The molecule has 0 saturated heterocycles. The highest BCUT2D eigenvalue weighted by molar-refractivity contribution is 6.01. The highest BCUT2D eigenvalue weighted by Crippen LogP contribution is 2.31. The largest absolute Gasteiger partial charge is 0.496 e. The molecule has 0 spiro atoms. The third-order valence-electron chi connectivity index (χ3n) is 4.39. The van der Waals surface area contributed by atoms with Crippen LogP contribution in [-0.4, -0.2) is 12.9 Å². The number of hydrogen-bond acceptors (Lipinski definition) is 2.